The summed E-state index contributed by atoms with van der Waals surface area (Å²) < 4.78 is 11.3. The molecule has 3 aliphatic rings. The number of benzene rings is 1. The molecule has 5 heteroatoms. The van der Waals surface area contributed by atoms with E-state index in [1.807, 2.05) is 17.4 Å². The summed E-state index contributed by atoms with van der Waals surface area (Å²) in [6.45, 7) is 3.74. The smallest absolute Gasteiger partial charge is 0.162 e. The maximum Gasteiger partial charge on any atom is 0.162 e. The third-order valence-corrected chi connectivity index (χ3v) is 7.09. The predicted octanol–water partition coefficient (Wildman–Crippen LogP) is 4.70. The van der Waals surface area contributed by atoms with Gasteiger partial charge in [-0.2, -0.15) is 0 Å². The van der Waals surface area contributed by atoms with Crippen LogP contribution in [-0.2, 0) is 0 Å². The molecular formula is C21H26N2O2S. The van der Waals surface area contributed by atoms with Gasteiger partial charge in [0.05, 0.1) is 10.7 Å². The maximum atomic E-state index is 5.71. The summed E-state index contributed by atoms with van der Waals surface area (Å²) in [6, 6.07) is 7.02. The highest BCUT2D eigenvalue weighted by molar-refractivity contribution is 7.10. The Morgan fingerprint density at radius 3 is 2.54 bits per heavy atom. The minimum absolute atomic E-state index is 0.623. The third kappa shape index (κ3) is 3.23. The van der Waals surface area contributed by atoms with Crippen molar-refractivity contribution in [2.75, 3.05) is 26.3 Å². The Bertz CT molecular complexity index is 761. The topological polar surface area (TPSA) is 34.6 Å². The molecule has 3 heterocycles. The molecule has 138 valence electrons. The fourth-order valence-corrected chi connectivity index (χ4v) is 5.59. The van der Waals surface area contributed by atoms with Crippen molar-refractivity contribution in [3.63, 3.8) is 0 Å². The van der Waals surface area contributed by atoms with Crippen LogP contribution in [0.1, 0.15) is 49.5 Å². The first-order valence-electron chi connectivity index (χ1n) is 9.96. The summed E-state index contributed by atoms with van der Waals surface area (Å²) >= 11 is 1.82. The molecular weight excluding hydrogens is 344 g/mol. The number of rotatable bonds is 3. The van der Waals surface area contributed by atoms with E-state index in [2.05, 4.69) is 22.4 Å². The molecule has 0 N–H and O–H groups in total. The molecule has 0 bridgehead atoms. The second-order valence-corrected chi connectivity index (χ2v) is 8.57. The van der Waals surface area contributed by atoms with Gasteiger partial charge in [-0.25, -0.2) is 4.98 Å². The molecule has 1 saturated carbocycles. The van der Waals surface area contributed by atoms with Crippen LogP contribution in [0.2, 0.25) is 0 Å². The van der Waals surface area contributed by atoms with Crippen LogP contribution in [0, 0.1) is 0 Å². The minimum Gasteiger partial charge on any atom is -0.486 e. The SMILES string of the molecule is c1cc2c(cc1-c1csc(C3CCN(C4CCCC4)CC3)n1)OCCO2. The quantitative estimate of drug-likeness (QED) is 0.784. The van der Waals surface area contributed by atoms with Crippen molar-refractivity contribution < 1.29 is 9.47 Å². The van der Waals surface area contributed by atoms with Gasteiger partial charge < -0.3 is 14.4 Å². The predicted molar refractivity (Wildman–Crippen MR) is 104 cm³/mol. The molecule has 0 unspecified atom stereocenters. The van der Waals surface area contributed by atoms with E-state index in [9.17, 15) is 0 Å². The molecule has 1 aliphatic carbocycles. The van der Waals surface area contributed by atoms with Crippen LogP contribution in [0.5, 0.6) is 11.5 Å². The van der Waals surface area contributed by atoms with Crippen molar-refractivity contribution in [3.05, 3.63) is 28.6 Å². The number of nitrogens with zero attached hydrogens (tertiary/aromatic N) is 2. The van der Waals surface area contributed by atoms with E-state index < -0.39 is 0 Å². The largest absolute Gasteiger partial charge is 0.486 e. The standard InChI is InChI=1S/C21H26N2O2S/c1-2-4-17(3-1)23-9-7-15(8-10-23)21-22-18(14-26-21)16-5-6-19-20(13-16)25-12-11-24-19/h5-6,13-15,17H,1-4,7-12H2. The highest BCUT2D eigenvalue weighted by atomic mass is 32.1. The van der Waals surface area contributed by atoms with E-state index in [4.69, 9.17) is 14.5 Å². The van der Waals surface area contributed by atoms with Crippen molar-refractivity contribution in [1.82, 2.24) is 9.88 Å². The average molecular weight is 371 g/mol. The monoisotopic (exact) mass is 370 g/mol. The van der Waals surface area contributed by atoms with Gasteiger partial charge in [-0.1, -0.05) is 12.8 Å². The lowest BCUT2D eigenvalue weighted by Crippen LogP contribution is -2.39. The van der Waals surface area contributed by atoms with E-state index >= 15 is 0 Å². The van der Waals surface area contributed by atoms with Crippen molar-refractivity contribution >= 4 is 11.3 Å². The number of fused-ring (bicyclic) bond motifs is 1. The molecule has 2 aliphatic heterocycles. The first-order valence-corrected chi connectivity index (χ1v) is 10.8. The van der Waals surface area contributed by atoms with E-state index in [-0.39, 0.29) is 0 Å². The fourth-order valence-electron chi connectivity index (χ4n) is 4.59. The molecule has 26 heavy (non-hydrogen) atoms. The van der Waals surface area contributed by atoms with Crippen molar-refractivity contribution in [1.29, 1.82) is 0 Å². The number of aromatic nitrogens is 1. The fraction of sp³-hybridized carbons (Fsp3) is 0.571. The van der Waals surface area contributed by atoms with Crippen LogP contribution in [0.4, 0.5) is 0 Å². The molecule has 0 atom stereocenters. The summed E-state index contributed by atoms with van der Waals surface area (Å²) in [5.41, 5.74) is 2.19. The summed E-state index contributed by atoms with van der Waals surface area (Å²) in [5.74, 6) is 2.31. The highest BCUT2D eigenvalue weighted by Crippen LogP contribution is 2.38. The second-order valence-electron chi connectivity index (χ2n) is 7.68. The number of thiazole rings is 1. The van der Waals surface area contributed by atoms with Crippen molar-refractivity contribution in [2.45, 2.75) is 50.5 Å². The average Bonchev–Trinajstić information content (AvgIpc) is 3.40. The number of hydrogen-bond acceptors (Lipinski definition) is 5. The van der Waals surface area contributed by atoms with Gasteiger partial charge in [0.15, 0.2) is 11.5 Å². The van der Waals surface area contributed by atoms with E-state index in [1.54, 1.807) is 0 Å². The number of ether oxygens (including phenoxy) is 2. The minimum atomic E-state index is 0.623. The zero-order valence-corrected chi connectivity index (χ0v) is 16.0. The van der Waals surface area contributed by atoms with Crippen LogP contribution in [0.3, 0.4) is 0 Å². The Morgan fingerprint density at radius 1 is 0.962 bits per heavy atom. The van der Waals surface area contributed by atoms with Gasteiger partial charge in [-0.15, -0.1) is 11.3 Å². The Morgan fingerprint density at radius 2 is 1.73 bits per heavy atom. The zero-order valence-electron chi connectivity index (χ0n) is 15.2. The van der Waals surface area contributed by atoms with E-state index in [0.29, 0.717) is 19.1 Å². The summed E-state index contributed by atoms with van der Waals surface area (Å²) in [4.78, 5) is 7.71. The Hall–Kier alpha value is -1.59. The zero-order chi connectivity index (χ0) is 17.3. The van der Waals surface area contributed by atoms with Gasteiger partial charge in [-0.05, 0) is 57.0 Å². The molecule has 0 radical (unpaired) electrons. The van der Waals surface area contributed by atoms with E-state index in [1.165, 1.54) is 56.6 Å². The molecule has 1 aromatic carbocycles. The summed E-state index contributed by atoms with van der Waals surface area (Å²) in [7, 11) is 0. The first kappa shape index (κ1) is 16.6. The van der Waals surface area contributed by atoms with Crippen LogP contribution in [-0.4, -0.2) is 42.2 Å². The van der Waals surface area contributed by atoms with Gasteiger partial charge in [0, 0.05) is 22.9 Å². The normalized spacial score (nSPS) is 22.0. The molecule has 1 saturated heterocycles. The maximum absolute atomic E-state index is 5.71. The number of piperidine rings is 1. The Kier molecular flexibility index (Phi) is 4.59. The van der Waals surface area contributed by atoms with Crippen molar-refractivity contribution in [2.24, 2.45) is 0 Å². The van der Waals surface area contributed by atoms with Gasteiger partial charge in [0.2, 0.25) is 0 Å². The van der Waals surface area contributed by atoms with Gasteiger partial charge in [0.25, 0.3) is 0 Å². The second kappa shape index (κ2) is 7.20. The van der Waals surface area contributed by atoms with Crippen molar-refractivity contribution in [3.8, 4) is 22.8 Å². The lowest BCUT2D eigenvalue weighted by molar-refractivity contribution is 0.154. The van der Waals surface area contributed by atoms with Crippen LogP contribution in [0.25, 0.3) is 11.3 Å². The van der Waals surface area contributed by atoms with E-state index in [0.717, 1.165) is 28.8 Å². The first-order chi connectivity index (χ1) is 12.9. The van der Waals surface area contributed by atoms with Crippen LogP contribution >= 0.6 is 11.3 Å². The molecule has 4 nitrogen and oxygen atoms in total. The highest BCUT2D eigenvalue weighted by Gasteiger charge is 2.29. The van der Waals surface area contributed by atoms with Gasteiger partial charge in [-0.3, -0.25) is 0 Å². The third-order valence-electron chi connectivity index (χ3n) is 6.08. The molecule has 2 aromatic rings. The van der Waals surface area contributed by atoms with Crippen LogP contribution < -0.4 is 9.47 Å². The summed E-state index contributed by atoms with van der Waals surface area (Å²) in [5, 5.41) is 3.50. The Labute approximate surface area is 159 Å². The molecule has 0 spiro atoms. The molecule has 1 aromatic heterocycles. The van der Waals surface area contributed by atoms with Gasteiger partial charge in [0.1, 0.15) is 13.2 Å². The Balaban J connectivity index is 1.27. The molecule has 5 rings (SSSR count). The van der Waals surface area contributed by atoms with Crippen LogP contribution in [0.15, 0.2) is 23.6 Å². The lowest BCUT2D eigenvalue weighted by Gasteiger charge is -2.35. The van der Waals surface area contributed by atoms with Gasteiger partial charge >= 0.3 is 0 Å². The number of hydrogen-bond donors (Lipinski definition) is 0. The molecule has 2 fully saturated rings. The number of likely N-dealkylation sites (tertiary alicyclic amines) is 1. The molecule has 0 amide bonds. The lowest BCUT2D eigenvalue weighted by atomic mass is 9.96. The summed E-state index contributed by atoms with van der Waals surface area (Å²) in [6.07, 6.45) is 8.19.